The van der Waals surface area contributed by atoms with Gasteiger partial charge in [-0.05, 0) is 17.5 Å². The van der Waals surface area contributed by atoms with E-state index in [2.05, 4.69) is 4.98 Å². The zero-order valence-corrected chi connectivity index (χ0v) is 10.2. The van der Waals surface area contributed by atoms with Crippen LogP contribution in [0.5, 0.6) is 0 Å². The van der Waals surface area contributed by atoms with Crippen LogP contribution < -0.4 is 5.73 Å². The highest BCUT2D eigenvalue weighted by atomic mass is 16.1. The number of nitrogens with zero attached hydrogens (tertiary/aromatic N) is 1. The molecule has 3 aromatic rings. The highest BCUT2D eigenvalue weighted by Gasteiger charge is 2.12. The number of fused-ring (bicyclic) bond motifs is 1. The molecule has 0 radical (unpaired) electrons. The van der Waals surface area contributed by atoms with Crippen molar-refractivity contribution in [2.75, 3.05) is 0 Å². The van der Waals surface area contributed by atoms with Crippen LogP contribution in [0.15, 0.2) is 60.8 Å². The minimum Gasteiger partial charge on any atom is -0.366 e. The molecule has 0 aliphatic heterocycles. The van der Waals surface area contributed by atoms with Gasteiger partial charge in [0, 0.05) is 22.7 Å². The zero-order chi connectivity index (χ0) is 13.2. The first-order valence-electron chi connectivity index (χ1n) is 6.00. The number of carbonyl (C=O) groups excluding carboxylic acids is 1. The quantitative estimate of drug-likeness (QED) is 0.758. The Bertz CT molecular complexity index is 760. The third kappa shape index (κ3) is 1.95. The summed E-state index contributed by atoms with van der Waals surface area (Å²) < 4.78 is 0. The van der Waals surface area contributed by atoms with Crippen molar-refractivity contribution < 1.29 is 4.79 Å². The average Bonchev–Trinajstić information content (AvgIpc) is 2.46. The molecular weight excluding hydrogens is 236 g/mol. The molecule has 1 amide bonds. The summed E-state index contributed by atoms with van der Waals surface area (Å²) >= 11 is 0. The summed E-state index contributed by atoms with van der Waals surface area (Å²) in [6, 6.07) is 17.2. The fraction of sp³-hybridized carbons (Fsp3) is 0. The number of carbonyl (C=O) groups is 1. The number of amides is 1. The number of hydrogen-bond acceptors (Lipinski definition) is 2. The molecule has 0 atom stereocenters. The maximum atomic E-state index is 11.5. The lowest BCUT2D eigenvalue weighted by molar-refractivity contribution is 0.100. The number of pyridine rings is 1. The number of rotatable bonds is 2. The summed E-state index contributed by atoms with van der Waals surface area (Å²) in [5.74, 6) is -0.440. The number of hydrogen-bond donors (Lipinski definition) is 1. The van der Waals surface area contributed by atoms with Gasteiger partial charge in [-0.25, -0.2) is 0 Å². The molecule has 0 spiro atoms. The first kappa shape index (κ1) is 11.4. The molecule has 0 unspecified atom stereocenters. The zero-order valence-electron chi connectivity index (χ0n) is 10.2. The molecule has 2 N–H and O–H groups in total. The normalized spacial score (nSPS) is 10.5. The summed E-state index contributed by atoms with van der Waals surface area (Å²) in [6.07, 6.45) is 1.75. The van der Waals surface area contributed by atoms with Crippen LogP contribution >= 0.6 is 0 Å². The van der Waals surface area contributed by atoms with Crippen molar-refractivity contribution in [3.63, 3.8) is 0 Å². The van der Waals surface area contributed by atoms with Gasteiger partial charge in [0.15, 0.2) is 0 Å². The van der Waals surface area contributed by atoms with E-state index >= 15 is 0 Å². The number of nitrogens with two attached hydrogens (primary N) is 1. The van der Waals surface area contributed by atoms with Crippen LogP contribution in [0.3, 0.4) is 0 Å². The van der Waals surface area contributed by atoms with Gasteiger partial charge < -0.3 is 5.73 Å². The van der Waals surface area contributed by atoms with E-state index in [9.17, 15) is 4.79 Å². The van der Waals surface area contributed by atoms with Crippen LogP contribution in [0.1, 0.15) is 10.4 Å². The maximum Gasteiger partial charge on any atom is 0.249 e. The summed E-state index contributed by atoms with van der Waals surface area (Å²) in [6.45, 7) is 0. The predicted octanol–water partition coefficient (Wildman–Crippen LogP) is 3.00. The molecule has 0 saturated carbocycles. The molecule has 1 aromatic heterocycles. The van der Waals surface area contributed by atoms with Crippen LogP contribution in [0, 0.1) is 0 Å². The molecule has 19 heavy (non-hydrogen) atoms. The molecule has 0 aliphatic rings. The Labute approximate surface area is 110 Å². The van der Waals surface area contributed by atoms with Gasteiger partial charge in [0.1, 0.15) is 0 Å². The van der Waals surface area contributed by atoms with Crippen LogP contribution in [0.25, 0.3) is 22.0 Å². The first-order valence-corrected chi connectivity index (χ1v) is 6.00. The van der Waals surface area contributed by atoms with Crippen LogP contribution in [0.4, 0.5) is 0 Å². The van der Waals surface area contributed by atoms with Crippen molar-refractivity contribution in [2.24, 2.45) is 5.73 Å². The van der Waals surface area contributed by atoms with E-state index in [0.29, 0.717) is 5.56 Å². The largest absolute Gasteiger partial charge is 0.366 e. The predicted molar refractivity (Wildman–Crippen MR) is 75.7 cm³/mol. The monoisotopic (exact) mass is 248 g/mol. The van der Waals surface area contributed by atoms with Crippen LogP contribution in [0.2, 0.25) is 0 Å². The molecule has 1 heterocycles. The molecule has 0 bridgehead atoms. The molecular formula is C16H12N2O. The Hall–Kier alpha value is -2.68. The minimum atomic E-state index is -0.440. The molecule has 0 saturated heterocycles. The van der Waals surface area contributed by atoms with E-state index in [1.807, 2.05) is 42.5 Å². The summed E-state index contributed by atoms with van der Waals surface area (Å²) in [5.41, 5.74) is 7.48. The van der Waals surface area contributed by atoms with Crippen molar-refractivity contribution in [1.82, 2.24) is 4.98 Å². The molecule has 3 heteroatoms. The van der Waals surface area contributed by atoms with Crippen LogP contribution in [-0.2, 0) is 0 Å². The van der Waals surface area contributed by atoms with E-state index in [1.165, 1.54) is 0 Å². The number of aromatic nitrogens is 1. The van der Waals surface area contributed by atoms with E-state index < -0.39 is 5.91 Å². The lowest BCUT2D eigenvalue weighted by Crippen LogP contribution is -2.12. The molecule has 3 nitrogen and oxygen atoms in total. The van der Waals surface area contributed by atoms with Crippen molar-refractivity contribution in [2.45, 2.75) is 0 Å². The van der Waals surface area contributed by atoms with E-state index in [-0.39, 0.29) is 0 Å². The van der Waals surface area contributed by atoms with E-state index in [0.717, 1.165) is 22.0 Å². The Morgan fingerprint density at radius 3 is 2.53 bits per heavy atom. The van der Waals surface area contributed by atoms with Gasteiger partial charge in [-0.2, -0.15) is 0 Å². The fourth-order valence-corrected chi connectivity index (χ4v) is 2.24. The van der Waals surface area contributed by atoms with Crippen molar-refractivity contribution >= 4 is 16.7 Å². The Morgan fingerprint density at radius 2 is 1.68 bits per heavy atom. The smallest absolute Gasteiger partial charge is 0.249 e. The van der Waals surface area contributed by atoms with Gasteiger partial charge in [0.2, 0.25) is 5.91 Å². The second kappa shape index (κ2) is 4.53. The van der Waals surface area contributed by atoms with Gasteiger partial charge in [-0.15, -0.1) is 0 Å². The second-order valence-electron chi connectivity index (χ2n) is 4.29. The highest BCUT2D eigenvalue weighted by molar-refractivity contribution is 6.04. The SMILES string of the molecule is NC(=O)c1ccccc1-c1nccc2ccccc12. The number of primary amides is 1. The topological polar surface area (TPSA) is 56.0 Å². The third-order valence-electron chi connectivity index (χ3n) is 3.12. The maximum absolute atomic E-state index is 11.5. The van der Waals surface area contributed by atoms with Gasteiger partial charge in [0.05, 0.1) is 5.69 Å². The Kier molecular flexibility index (Phi) is 2.72. The summed E-state index contributed by atoms with van der Waals surface area (Å²) in [5, 5.41) is 2.10. The van der Waals surface area contributed by atoms with Gasteiger partial charge >= 0.3 is 0 Å². The van der Waals surface area contributed by atoms with Crippen molar-refractivity contribution in [3.8, 4) is 11.3 Å². The van der Waals surface area contributed by atoms with Gasteiger partial charge in [-0.1, -0.05) is 42.5 Å². The van der Waals surface area contributed by atoms with Crippen molar-refractivity contribution in [3.05, 3.63) is 66.4 Å². The number of benzene rings is 2. The van der Waals surface area contributed by atoms with Gasteiger partial charge in [-0.3, -0.25) is 9.78 Å². The third-order valence-corrected chi connectivity index (χ3v) is 3.12. The standard InChI is InChI=1S/C16H12N2O/c17-16(19)14-8-4-3-7-13(14)15-12-6-2-1-5-11(12)9-10-18-15/h1-10H,(H2,17,19). The minimum absolute atomic E-state index is 0.440. The lowest BCUT2D eigenvalue weighted by Gasteiger charge is -2.08. The average molecular weight is 248 g/mol. The molecule has 0 aliphatic carbocycles. The molecule has 0 fully saturated rings. The molecule has 92 valence electrons. The fourth-order valence-electron chi connectivity index (χ4n) is 2.24. The van der Waals surface area contributed by atoms with Crippen molar-refractivity contribution in [1.29, 1.82) is 0 Å². The van der Waals surface area contributed by atoms with Crippen LogP contribution in [-0.4, -0.2) is 10.9 Å². The second-order valence-corrected chi connectivity index (χ2v) is 4.29. The summed E-state index contributed by atoms with van der Waals surface area (Å²) in [7, 11) is 0. The van der Waals surface area contributed by atoms with Gasteiger partial charge in [0.25, 0.3) is 0 Å². The van der Waals surface area contributed by atoms with E-state index in [4.69, 9.17) is 5.73 Å². The highest BCUT2D eigenvalue weighted by Crippen LogP contribution is 2.28. The van der Waals surface area contributed by atoms with E-state index in [1.54, 1.807) is 18.3 Å². The molecule has 3 rings (SSSR count). The lowest BCUT2D eigenvalue weighted by atomic mass is 9.99. The first-order chi connectivity index (χ1) is 9.27. The molecule has 2 aromatic carbocycles. The Morgan fingerprint density at radius 1 is 0.947 bits per heavy atom. The Balaban J connectivity index is 2.34. The summed E-state index contributed by atoms with van der Waals surface area (Å²) in [4.78, 5) is 15.9.